The van der Waals surface area contributed by atoms with Crippen molar-refractivity contribution in [2.45, 2.75) is 25.8 Å². The van der Waals surface area contributed by atoms with Crippen molar-refractivity contribution in [1.82, 2.24) is 4.90 Å². The molecule has 4 heteroatoms. The normalized spacial score (nSPS) is 17.2. The van der Waals surface area contributed by atoms with Crippen LogP contribution in [0.25, 0.3) is 0 Å². The van der Waals surface area contributed by atoms with Gasteiger partial charge in [0.05, 0.1) is 0 Å². The summed E-state index contributed by atoms with van der Waals surface area (Å²) in [5, 5.41) is 1.43. The maximum atomic E-state index is 6.29. The summed E-state index contributed by atoms with van der Waals surface area (Å²) in [6.07, 6.45) is 2.67. The summed E-state index contributed by atoms with van der Waals surface area (Å²) < 4.78 is 0. The Morgan fingerprint density at radius 2 is 1.94 bits per heavy atom. The smallest absolute Gasteiger partial charge is 0.0500 e. The Balaban J connectivity index is 2.24. The molecule has 1 aliphatic rings. The number of likely N-dealkylation sites (N-methyl/N-ethyl adjacent to an activating group) is 1. The van der Waals surface area contributed by atoms with Crippen molar-refractivity contribution in [1.29, 1.82) is 0 Å². The molecule has 0 aromatic heterocycles. The molecule has 1 aromatic rings. The van der Waals surface area contributed by atoms with Crippen molar-refractivity contribution < 1.29 is 0 Å². The molecule has 2 N–H and O–H groups in total. The van der Waals surface area contributed by atoms with E-state index in [9.17, 15) is 0 Å². The van der Waals surface area contributed by atoms with Crippen LogP contribution in [0.5, 0.6) is 0 Å². The van der Waals surface area contributed by atoms with Crippen LogP contribution < -0.4 is 5.73 Å². The van der Waals surface area contributed by atoms with Crippen LogP contribution in [0.15, 0.2) is 18.2 Å². The topological polar surface area (TPSA) is 29.3 Å². The molecule has 1 aromatic carbocycles. The first-order chi connectivity index (χ1) is 8.67. The van der Waals surface area contributed by atoms with Crippen LogP contribution in [0, 0.1) is 5.92 Å². The highest BCUT2D eigenvalue weighted by Gasteiger charge is 2.29. The molecule has 100 valence electrons. The lowest BCUT2D eigenvalue weighted by molar-refractivity contribution is 0.203. The van der Waals surface area contributed by atoms with E-state index in [1.807, 2.05) is 18.2 Å². The van der Waals surface area contributed by atoms with E-state index in [4.69, 9.17) is 28.9 Å². The van der Waals surface area contributed by atoms with Crippen molar-refractivity contribution in [2.24, 2.45) is 11.7 Å². The molecule has 0 bridgehead atoms. The molecule has 2 nitrogen and oxygen atoms in total. The van der Waals surface area contributed by atoms with Gasteiger partial charge in [-0.3, -0.25) is 4.90 Å². The minimum absolute atomic E-state index is 0.122. The summed E-state index contributed by atoms with van der Waals surface area (Å²) in [6.45, 7) is 4.78. The number of hydrogen-bond acceptors (Lipinski definition) is 2. The Hall–Kier alpha value is -0.280. The molecule has 1 saturated carbocycles. The first kappa shape index (κ1) is 14.1. The van der Waals surface area contributed by atoms with Crippen LogP contribution >= 0.6 is 23.2 Å². The molecular weight excluding hydrogens is 267 g/mol. The summed E-state index contributed by atoms with van der Waals surface area (Å²) in [5.41, 5.74) is 6.93. The van der Waals surface area contributed by atoms with Gasteiger partial charge in [-0.2, -0.15) is 0 Å². The zero-order chi connectivity index (χ0) is 13.1. The molecule has 0 heterocycles. The van der Waals surface area contributed by atoms with Gasteiger partial charge < -0.3 is 5.73 Å². The minimum Gasteiger partial charge on any atom is -0.329 e. The average Bonchev–Trinajstić information content (AvgIpc) is 3.15. The Morgan fingerprint density at radius 3 is 2.39 bits per heavy atom. The second kappa shape index (κ2) is 6.25. The third-order valence-corrected chi connectivity index (χ3v) is 4.25. The fraction of sp³-hybridized carbons (Fsp3) is 0.571. The highest BCUT2D eigenvalue weighted by atomic mass is 35.5. The van der Waals surface area contributed by atoms with Gasteiger partial charge in [0, 0.05) is 34.7 Å². The number of halogens is 2. The quantitative estimate of drug-likeness (QED) is 0.864. The Labute approximate surface area is 119 Å². The molecule has 18 heavy (non-hydrogen) atoms. The molecule has 1 atom stereocenters. The van der Waals surface area contributed by atoms with E-state index < -0.39 is 0 Å². The number of rotatable bonds is 6. The standard InChI is InChI=1S/C14H20Cl2N2/c1-2-18(9-10-6-7-10)13(8-17)14-11(15)4-3-5-12(14)16/h3-5,10,13H,2,6-9,17H2,1H3. The fourth-order valence-electron chi connectivity index (χ4n) is 2.39. The minimum atomic E-state index is 0.122. The van der Waals surface area contributed by atoms with Crippen LogP contribution in [0.4, 0.5) is 0 Å². The van der Waals surface area contributed by atoms with Gasteiger partial charge in [0.25, 0.3) is 0 Å². The third kappa shape index (κ3) is 3.18. The molecule has 1 fully saturated rings. The average molecular weight is 287 g/mol. The highest BCUT2D eigenvalue weighted by Crippen LogP contribution is 2.36. The lowest BCUT2D eigenvalue weighted by Crippen LogP contribution is -2.35. The molecule has 0 spiro atoms. The van der Waals surface area contributed by atoms with E-state index in [1.165, 1.54) is 12.8 Å². The van der Waals surface area contributed by atoms with E-state index in [-0.39, 0.29) is 6.04 Å². The SMILES string of the molecule is CCN(CC1CC1)C(CN)c1c(Cl)cccc1Cl. The second-order valence-corrected chi connectivity index (χ2v) is 5.73. The second-order valence-electron chi connectivity index (χ2n) is 4.92. The van der Waals surface area contributed by atoms with E-state index in [0.29, 0.717) is 16.6 Å². The monoisotopic (exact) mass is 286 g/mol. The molecular formula is C14H20Cl2N2. The van der Waals surface area contributed by atoms with Crippen LogP contribution in [-0.4, -0.2) is 24.5 Å². The predicted octanol–water partition coefficient (Wildman–Crippen LogP) is 3.73. The van der Waals surface area contributed by atoms with Crippen molar-refractivity contribution >= 4 is 23.2 Å². The highest BCUT2D eigenvalue weighted by molar-refractivity contribution is 6.36. The first-order valence-electron chi connectivity index (χ1n) is 6.55. The molecule has 1 unspecified atom stereocenters. The zero-order valence-electron chi connectivity index (χ0n) is 10.7. The Kier molecular flexibility index (Phi) is 4.91. The summed E-state index contributed by atoms with van der Waals surface area (Å²) in [7, 11) is 0. The Bertz CT molecular complexity index is 385. The largest absolute Gasteiger partial charge is 0.329 e. The van der Waals surface area contributed by atoms with Crippen LogP contribution in [-0.2, 0) is 0 Å². The predicted molar refractivity (Wildman–Crippen MR) is 78.2 cm³/mol. The van der Waals surface area contributed by atoms with E-state index in [1.54, 1.807) is 0 Å². The Morgan fingerprint density at radius 1 is 1.33 bits per heavy atom. The summed E-state index contributed by atoms with van der Waals surface area (Å²) in [6, 6.07) is 5.77. The van der Waals surface area contributed by atoms with E-state index >= 15 is 0 Å². The van der Waals surface area contributed by atoms with Gasteiger partial charge >= 0.3 is 0 Å². The number of benzene rings is 1. The maximum absolute atomic E-state index is 6.29. The lowest BCUT2D eigenvalue weighted by Gasteiger charge is -2.31. The molecule has 0 saturated heterocycles. The maximum Gasteiger partial charge on any atom is 0.0500 e. The summed E-state index contributed by atoms with van der Waals surface area (Å²) >= 11 is 12.6. The molecule has 1 aliphatic carbocycles. The van der Waals surface area contributed by atoms with Gasteiger partial charge in [-0.15, -0.1) is 0 Å². The van der Waals surface area contributed by atoms with Crippen LogP contribution in [0.2, 0.25) is 10.0 Å². The molecule has 0 aliphatic heterocycles. The van der Waals surface area contributed by atoms with E-state index in [2.05, 4.69) is 11.8 Å². The van der Waals surface area contributed by atoms with Gasteiger partial charge in [0.15, 0.2) is 0 Å². The zero-order valence-corrected chi connectivity index (χ0v) is 12.2. The van der Waals surface area contributed by atoms with Crippen molar-refractivity contribution in [3.8, 4) is 0 Å². The van der Waals surface area contributed by atoms with Gasteiger partial charge in [0.2, 0.25) is 0 Å². The fourth-order valence-corrected chi connectivity index (χ4v) is 3.04. The van der Waals surface area contributed by atoms with Gasteiger partial charge in [-0.25, -0.2) is 0 Å². The molecule has 0 radical (unpaired) electrons. The van der Waals surface area contributed by atoms with Gasteiger partial charge in [0.1, 0.15) is 0 Å². The summed E-state index contributed by atoms with van der Waals surface area (Å²) in [5.74, 6) is 0.834. The van der Waals surface area contributed by atoms with Crippen molar-refractivity contribution in [2.75, 3.05) is 19.6 Å². The van der Waals surface area contributed by atoms with Crippen molar-refractivity contribution in [3.05, 3.63) is 33.8 Å². The molecule has 2 rings (SSSR count). The van der Waals surface area contributed by atoms with Crippen LogP contribution in [0.1, 0.15) is 31.4 Å². The third-order valence-electron chi connectivity index (χ3n) is 3.59. The molecule has 0 amide bonds. The van der Waals surface area contributed by atoms with Gasteiger partial charge in [-0.05, 0) is 37.4 Å². The van der Waals surface area contributed by atoms with Crippen LogP contribution in [0.3, 0.4) is 0 Å². The van der Waals surface area contributed by atoms with E-state index in [0.717, 1.165) is 24.6 Å². The number of hydrogen-bond donors (Lipinski definition) is 1. The lowest BCUT2D eigenvalue weighted by atomic mass is 10.0. The van der Waals surface area contributed by atoms with Gasteiger partial charge in [-0.1, -0.05) is 36.2 Å². The number of nitrogens with two attached hydrogens (primary N) is 1. The number of nitrogens with zero attached hydrogens (tertiary/aromatic N) is 1. The first-order valence-corrected chi connectivity index (χ1v) is 7.31. The summed E-state index contributed by atoms with van der Waals surface area (Å²) in [4.78, 5) is 2.39. The van der Waals surface area contributed by atoms with Crippen molar-refractivity contribution in [3.63, 3.8) is 0 Å².